The largest absolute Gasteiger partial charge is 0.356 e. The third kappa shape index (κ3) is 9.97. The van der Waals surface area contributed by atoms with Crippen LogP contribution < -0.4 is 11.1 Å². The van der Waals surface area contributed by atoms with Gasteiger partial charge in [-0.25, -0.2) is 0 Å². The summed E-state index contributed by atoms with van der Waals surface area (Å²) in [6.07, 6.45) is 3.69. The molecular formula is C13H28N2O. The molecule has 0 aliphatic rings. The fraction of sp³-hybridized carbons (Fsp3) is 0.923. The average molecular weight is 228 g/mol. The molecule has 1 unspecified atom stereocenters. The van der Waals surface area contributed by atoms with E-state index in [-0.39, 0.29) is 5.91 Å². The van der Waals surface area contributed by atoms with Gasteiger partial charge in [-0.3, -0.25) is 4.79 Å². The summed E-state index contributed by atoms with van der Waals surface area (Å²) < 4.78 is 0. The third-order valence-corrected chi connectivity index (χ3v) is 2.45. The summed E-state index contributed by atoms with van der Waals surface area (Å²) in [5.41, 5.74) is 5.69. The lowest BCUT2D eigenvalue weighted by atomic mass is 9.84. The number of hydrogen-bond acceptors (Lipinski definition) is 2. The molecule has 16 heavy (non-hydrogen) atoms. The zero-order chi connectivity index (χ0) is 12.6. The van der Waals surface area contributed by atoms with Crippen molar-refractivity contribution in [2.24, 2.45) is 17.1 Å². The highest BCUT2D eigenvalue weighted by atomic mass is 16.1. The van der Waals surface area contributed by atoms with Crippen molar-refractivity contribution in [3.8, 4) is 0 Å². The van der Waals surface area contributed by atoms with Crippen molar-refractivity contribution < 1.29 is 4.79 Å². The molecule has 0 heterocycles. The van der Waals surface area contributed by atoms with Crippen LogP contribution in [0.15, 0.2) is 0 Å². The summed E-state index contributed by atoms with van der Waals surface area (Å²) >= 11 is 0. The van der Waals surface area contributed by atoms with Crippen molar-refractivity contribution in [3.05, 3.63) is 0 Å². The van der Waals surface area contributed by atoms with Gasteiger partial charge in [0.1, 0.15) is 0 Å². The first kappa shape index (κ1) is 15.4. The molecule has 96 valence electrons. The zero-order valence-electron chi connectivity index (χ0n) is 11.3. The second-order valence-corrected chi connectivity index (χ2v) is 5.92. The highest BCUT2D eigenvalue weighted by molar-refractivity contribution is 5.76. The Morgan fingerprint density at radius 1 is 1.31 bits per heavy atom. The van der Waals surface area contributed by atoms with Gasteiger partial charge in [0.15, 0.2) is 0 Å². The SMILES string of the molecule is CC(CC(=O)NCCCCN)CC(C)(C)C. The summed E-state index contributed by atoms with van der Waals surface area (Å²) in [6.45, 7) is 10.2. The first-order chi connectivity index (χ1) is 7.35. The minimum Gasteiger partial charge on any atom is -0.356 e. The number of carbonyl (C=O) groups is 1. The molecule has 3 heteroatoms. The Morgan fingerprint density at radius 2 is 1.94 bits per heavy atom. The second-order valence-electron chi connectivity index (χ2n) is 5.92. The minimum atomic E-state index is 0.175. The predicted octanol–water partition coefficient (Wildman–Crippen LogP) is 2.30. The van der Waals surface area contributed by atoms with Crippen molar-refractivity contribution in [1.82, 2.24) is 5.32 Å². The monoisotopic (exact) mass is 228 g/mol. The zero-order valence-corrected chi connectivity index (χ0v) is 11.3. The van der Waals surface area contributed by atoms with Crippen LogP contribution in [-0.2, 0) is 4.79 Å². The summed E-state index contributed by atoms with van der Waals surface area (Å²) in [5.74, 6) is 0.628. The van der Waals surface area contributed by atoms with Crippen LogP contribution >= 0.6 is 0 Å². The van der Waals surface area contributed by atoms with Crippen LogP contribution in [-0.4, -0.2) is 19.0 Å². The molecule has 0 aromatic rings. The van der Waals surface area contributed by atoms with E-state index in [9.17, 15) is 4.79 Å². The standard InChI is InChI=1S/C13H28N2O/c1-11(10-13(2,3)4)9-12(16)15-8-6-5-7-14/h11H,5-10,14H2,1-4H3,(H,15,16). The minimum absolute atomic E-state index is 0.175. The molecule has 0 saturated carbocycles. The summed E-state index contributed by atoms with van der Waals surface area (Å²) in [4.78, 5) is 11.6. The molecule has 0 radical (unpaired) electrons. The third-order valence-electron chi connectivity index (χ3n) is 2.45. The number of unbranched alkanes of at least 4 members (excludes halogenated alkanes) is 1. The molecule has 0 aromatic heterocycles. The Bertz CT molecular complexity index is 197. The van der Waals surface area contributed by atoms with Crippen LogP contribution in [0.25, 0.3) is 0 Å². The molecule has 0 bridgehead atoms. The Balaban J connectivity index is 3.62. The van der Waals surface area contributed by atoms with E-state index in [2.05, 4.69) is 33.0 Å². The molecule has 1 atom stereocenters. The summed E-state index contributed by atoms with van der Waals surface area (Å²) in [7, 11) is 0. The maximum absolute atomic E-state index is 11.6. The van der Waals surface area contributed by atoms with Crippen molar-refractivity contribution in [3.63, 3.8) is 0 Å². The summed E-state index contributed by atoms with van der Waals surface area (Å²) in [6, 6.07) is 0. The van der Waals surface area contributed by atoms with Gasteiger partial charge in [-0.15, -0.1) is 0 Å². The molecule has 0 fully saturated rings. The van der Waals surface area contributed by atoms with E-state index in [1.807, 2.05) is 0 Å². The lowest BCUT2D eigenvalue weighted by Gasteiger charge is -2.22. The number of carbonyl (C=O) groups excluding carboxylic acids is 1. The number of amides is 1. The fourth-order valence-electron chi connectivity index (χ4n) is 2.00. The normalized spacial score (nSPS) is 13.6. The molecule has 0 spiro atoms. The Hall–Kier alpha value is -0.570. The quantitative estimate of drug-likeness (QED) is 0.657. The molecule has 0 aromatic carbocycles. The first-order valence-corrected chi connectivity index (χ1v) is 6.32. The van der Waals surface area contributed by atoms with E-state index in [0.717, 1.165) is 25.8 Å². The van der Waals surface area contributed by atoms with Gasteiger partial charge in [-0.1, -0.05) is 27.7 Å². The number of hydrogen-bond donors (Lipinski definition) is 2. The number of rotatable bonds is 7. The molecule has 3 N–H and O–H groups in total. The number of nitrogens with one attached hydrogen (secondary N) is 1. The topological polar surface area (TPSA) is 55.1 Å². The van der Waals surface area contributed by atoms with Crippen molar-refractivity contribution >= 4 is 5.91 Å². The van der Waals surface area contributed by atoms with Crippen LogP contribution in [0.3, 0.4) is 0 Å². The van der Waals surface area contributed by atoms with Crippen molar-refractivity contribution in [1.29, 1.82) is 0 Å². The Labute approximate surface area is 100 Å². The predicted molar refractivity (Wildman–Crippen MR) is 69.2 cm³/mol. The van der Waals surface area contributed by atoms with Crippen molar-refractivity contribution in [2.45, 2.75) is 53.4 Å². The van der Waals surface area contributed by atoms with E-state index in [1.165, 1.54) is 0 Å². The van der Waals surface area contributed by atoms with E-state index in [1.54, 1.807) is 0 Å². The van der Waals surface area contributed by atoms with Crippen LogP contribution in [0, 0.1) is 11.3 Å². The highest BCUT2D eigenvalue weighted by Gasteiger charge is 2.17. The smallest absolute Gasteiger partial charge is 0.220 e. The molecule has 0 aliphatic carbocycles. The van der Waals surface area contributed by atoms with E-state index in [4.69, 9.17) is 5.73 Å². The fourth-order valence-corrected chi connectivity index (χ4v) is 2.00. The summed E-state index contributed by atoms with van der Waals surface area (Å²) in [5, 5.41) is 2.94. The van der Waals surface area contributed by atoms with Gasteiger partial charge in [-0.2, -0.15) is 0 Å². The van der Waals surface area contributed by atoms with Crippen LogP contribution in [0.5, 0.6) is 0 Å². The maximum atomic E-state index is 11.6. The van der Waals surface area contributed by atoms with Gasteiger partial charge in [-0.05, 0) is 37.1 Å². The lowest BCUT2D eigenvalue weighted by molar-refractivity contribution is -0.122. The first-order valence-electron chi connectivity index (χ1n) is 6.32. The highest BCUT2D eigenvalue weighted by Crippen LogP contribution is 2.25. The van der Waals surface area contributed by atoms with E-state index >= 15 is 0 Å². The molecular weight excluding hydrogens is 200 g/mol. The van der Waals surface area contributed by atoms with Gasteiger partial charge in [0.2, 0.25) is 5.91 Å². The molecule has 0 saturated heterocycles. The Morgan fingerprint density at radius 3 is 2.44 bits per heavy atom. The van der Waals surface area contributed by atoms with Crippen molar-refractivity contribution in [2.75, 3.05) is 13.1 Å². The van der Waals surface area contributed by atoms with Gasteiger partial charge in [0.05, 0.1) is 0 Å². The van der Waals surface area contributed by atoms with Gasteiger partial charge >= 0.3 is 0 Å². The average Bonchev–Trinajstić information content (AvgIpc) is 2.09. The lowest BCUT2D eigenvalue weighted by Crippen LogP contribution is -2.27. The molecule has 0 rings (SSSR count). The molecule has 0 aliphatic heterocycles. The van der Waals surface area contributed by atoms with Crippen LogP contribution in [0.4, 0.5) is 0 Å². The van der Waals surface area contributed by atoms with Crippen LogP contribution in [0.2, 0.25) is 0 Å². The van der Waals surface area contributed by atoms with E-state index < -0.39 is 0 Å². The van der Waals surface area contributed by atoms with E-state index in [0.29, 0.717) is 24.3 Å². The second kappa shape index (κ2) is 7.66. The van der Waals surface area contributed by atoms with Gasteiger partial charge in [0.25, 0.3) is 0 Å². The maximum Gasteiger partial charge on any atom is 0.220 e. The molecule has 3 nitrogen and oxygen atoms in total. The number of nitrogens with two attached hydrogens (primary N) is 1. The Kier molecular flexibility index (Phi) is 7.39. The molecule has 1 amide bonds. The van der Waals surface area contributed by atoms with Crippen LogP contribution in [0.1, 0.15) is 53.4 Å². The van der Waals surface area contributed by atoms with Gasteiger partial charge < -0.3 is 11.1 Å². The van der Waals surface area contributed by atoms with Gasteiger partial charge in [0, 0.05) is 13.0 Å².